The van der Waals surface area contributed by atoms with Crippen molar-refractivity contribution in [3.05, 3.63) is 17.5 Å². The molecule has 0 aliphatic heterocycles. The van der Waals surface area contributed by atoms with Crippen LogP contribution in [0.2, 0.25) is 0 Å². The number of rotatable bonds is 6. The molecule has 1 heterocycles. The van der Waals surface area contributed by atoms with E-state index in [9.17, 15) is 5.11 Å². The Morgan fingerprint density at radius 2 is 1.88 bits per heavy atom. The zero-order valence-electron chi connectivity index (χ0n) is 11.0. The highest BCUT2D eigenvalue weighted by Gasteiger charge is 2.26. The van der Waals surface area contributed by atoms with Crippen LogP contribution in [-0.2, 0) is 13.5 Å². The van der Waals surface area contributed by atoms with E-state index in [2.05, 4.69) is 25.0 Å². The Labute approximate surface area is 98.5 Å². The first-order valence-corrected chi connectivity index (χ1v) is 6.22. The maximum atomic E-state index is 10.6. The van der Waals surface area contributed by atoms with Crippen molar-refractivity contribution >= 4 is 0 Å². The largest absolute Gasteiger partial charge is 0.389 e. The van der Waals surface area contributed by atoms with Crippen LogP contribution in [0.4, 0.5) is 0 Å². The van der Waals surface area contributed by atoms with Gasteiger partial charge in [-0.25, -0.2) is 0 Å². The Kier molecular flexibility index (Phi) is 4.54. The van der Waals surface area contributed by atoms with Gasteiger partial charge in [-0.3, -0.25) is 4.68 Å². The SMILES string of the molecule is CCCC(O)(CCC)Cc1cc(C)nn1C. The average Bonchev–Trinajstić information content (AvgIpc) is 2.45. The molecule has 0 atom stereocenters. The first kappa shape index (κ1) is 13.2. The topological polar surface area (TPSA) is 38.1 Å². The second-order valence-electron chi connectivity index (χ2n) is 4.80. The van der Waals surface area contributed by atoms with Crippen LogP contribution in [0.3, 0.4) is 0 Å². The van der Waals surface area contributed by atoms with E-state index < -0.39 is 5.60 Å². The second-order valence-corrected chi connectivity index (χ2v) is 4.80. The predicted octanol–water partition coefficient (Wildman–Crippen LogP) is 2.60. The minimum Gasteiger partial charge on any atom is -0.389 e. The molecule has 1 aromatic rings. The quantitative estimate of drug-likeness (QED) is 0.806. The number of aliphatic hydroxyl groups is 1. The van der Waals surface area contributed by atoms with E-state index in [0.29, 0.717) is 6.42 Å². The van der Waals surface area contributed by atoms with Crippen molar-refractivity contribution in [2.75, 3.05) is 0 Å². The van der Waals surface area contributed by atoms with Crippen LogP contribution in [0.25, 0.3) is 0 Å². The van der Waals surface area contributed by atoms with Gasteiger partial charge in [0, 0.05) is 19.2 Å². The minimum atomic E-state index is -0.552. The summed E-state index contributed by atoms with van der Waals surface area (Å²) in [4.78, 5) is 0. The molecule has 1 aromatic heterocycles. The summed E-state index contributed by atoms with van der Waals surface area (Å²) in [6.07, 6.45) is 4.49. The van der Waals surface area contributed by atoms with E-state index >= 15 is 0 Å². The summed E-state index contributed by atoms with van der Waals surface area (Å²) < 4.78 is 1.88. The zero-order valence-corrected chi connectivity index (χ0v) is 11.0. The van der Waals surface area contributed by atoms with E-state index in [0.717, 1.165) is 37.1 Å². The van der Waals surface area contributed by atoms with E-state index in [4.69, 9.17) is 0 Å². The molecule has 0 fully saturated rings. The molecule has 0 saturated carbocycles. The van der Waals surface area contributed by atoms with Crippen LogP contribution in [0.1, 0.15) is 50.9 Å². The molecule has 0 amide bonds. The zero-order chi connectivity index (χ0) is 12.2. The van der Waals surface area contributed by atoms with Crippen molar-refractivity contribution < 1.29 is 5.11 Å². The summed E-state index contributed by atoms with van der Waals surface area (Å²) in [6.45, 7) is 6.23. The van der Waals surface area contributed by atoms with Gasteiger partial charge >= 0.3 is 0 Å². The van der Waals surface area contributed by atoms with Crippen LogP contribution in [-0.4, -0.2) is 20.5 Å². The Morgan fingerprint density at radius 1 is 1.31 bits per heavy atom. The molecule has 0 spiro atoms. The van der Waals surface area contributed by atoms with Gasteiger partial charge in [0.1, 0.15) is 0 Å². The summed E-state index contributed by atoms with van der Waals surface area (Å²) in [7, 11) is 1.95. The van der Waals surface area contributed by atoms with Crippen LogP contribution in [0.15, 0.2) is 6.07 Å². The fourth-order valence-electron chi connectivity index (χ4n) is 2.40. The Balaban J connectivity index is 2.78. The summed E-state index contributed by atoms with van der Waals surface area (Å²) in [5.74, 6) is 0. The first-order chi connectivity index (χ1) is 7.50. The van der Waals surface area contributed by atoms with E-state index in [-0.39, 0.29) is 0 Å². The van der Waals surface area contributed by atoms with Crippen molar-refractivity contribution in [2.24, 2.45) is 7.05 Å². The van der Waals surface area contributed by atoms with Crippen molar-refractivity contribution in [1.29, 1.82) is 0 Å². The lowest BCUT2D eigenvalue weighted by atomic mass is 9.88. The van der Waals surface area contributed by atoms with Gasteiger partial charge in [-0.1, -0.05) is 26.7 Å². The molecule has 1 N–H and O–H groups in total. The second kappa shape index (κ2) is 5.48. The molecular weight excluding hydrogens is 200 g/mol. The Hall–Kier alpha value is -0.830. The monoisotopic (exact) mass is 224 g/mol. The average molecular weight is 224 g/mol. The van der Waals surface area contributed by atoms with Gasteiger partial charge in [-0.15, -0.1) is 0 Å². The predicted molar refractivity (Wildman–Crippen MR) is 66.4 cm³/mol. The van der Waals surface area contributed by atoms with Crippen molar-refractivity contribution in [3.8, 4) is 0 Å². The van der Waals surface area contributed by atoms with Gasteiger partial charge in [0.05, 0.1) is 11.3 Å². The fourth-order valence-corrected chi connectivity index (χ4v) is 2.40. The third-order valence-corrected chi connectivity index (χ3v) is 3.04. The number of aromatic nitrogens is 2. The van der Waals surface area contributed by atoms with Gasteiger partial charge in [0.15, 0.2) is 0 Å². The van der Waals surface area contributed by atoms with Crippen molar-refractivity contribution in [2.45, 2.75) is 58.5 Å². The number of hydrogen-bond acceptors (Lipinski definition) is 2. The lowest BCUT2D eigenvalue weighted by Gasteiger charge is -2.27. The highest BCUT2D eigenvalue weighted by Crippen LogP contribution is 2.24. The molecular formula is C13H24N2O. The summed E-state index contributed by atoms with van der Waals surface area (Å²) in [6, 6.07) is 2.07. The molecule has 0 bridgehead atoms. The molecule has 0 aliphatic rings. The summed E-state index contributed by atoms with van der Waals surface area (Å²) >= 11 is 0. The van der Waals surface area contributed by atoms with E-state index in [1.165, 1.54) is 0 Å². The van der Waals surface area contributed by atoms with Gasteiger partial charge in [-0.05, 0) is 25.8 Å². The lowest BCUT2D eigenvalue weighted by molar-refractivity contribution is 0.0199. The molecule has 0 radical (unpaired) electrons. The molecule has 0 unspecified atom stereocenters. The lowest BCUT2D eigenvalue weighted by Crippen LogP contribution is -2.32. The number of hydrogen-bond donors (Lipinski definition) is 1. The third-order valence-electron chi connectivity index (χ3n) is 3.04. The van der Waals surface area contributed by atoms with E-state index in [1.807, 2.05) is 18.7 Å². The van der Waals surface area contributed by atoms with Gasteiger partial charge in [0.25, 0.3) is 0 Å². The normalized spacial score (nSPS) is 12.1. The first-order valence-electron chi connectivity index (χ1n) is 6.22. The molecule has 3 heteroatoms. The maximum Gasteiger partial charge on any atom is 0.0702 e. The van der Waals surface area contributed by atoms with Gasteiger partial charge in [-0.2, -0.15) is 5.10 Å². The highest BCUT2D eigenvalue weighted by molar-refractivity contribution is 5.11. The van der Waals surface area contributed by atoms with Gasteiger partial charge < -0.3 is 5.11 Å². The smallest absolute Gasteiger partial charge is 0.0702 e. The van der Waals surface area contributed by atoms with Crippen molar-refractivity contribution in [3.63, 3.8) is 0 Å². The maximum absolute atomic E-state index is 10.6. The Bertz CT molecular complexity index is 325. The summed E-state index contributed by atoms with van der Waals surface area (Å²) in [5.41, 5.74) is 1.60. The third kappa shape index (κ3) is 3.34. The molecule has 0 aromatic carbocycles. The van der Waals surface area contributed by atoms with Crippen molar-refractivity contribution in [1.82, 2.24) is 9.78 Å². The van der Waals surface area contributed by atoms with Crippen LogP contribution < -0.4 is 0 Å². The molecule has 0 aliphatic carbocycles. The molecule has 0 saturated heterocycles. The van der Waals surface area contributed by atoms with Crippen LogP contribution >= 0.6 is 0 Å². The van der Waals surface area contributed by atoms with Crippen LogP contribution in [0.5, 0.6) is 0 Å². The Morgan fingerprint density at radius 3 is 2.25 bits per heavy atom. The molecule has 92 valence electrons. The minimum absolute atomic E-state index is 0.552. The van der Waals surface area contributed by atoms with Gasteiger partial charge in [0.2, 0.25) is 0 Å². The molecule has 3 nitrogen and oxygen atoms in total. The van der Waals surface area contributed by atoms with E-state index in [1.54, 1.807) is 0 Å². The number of aryl methyl sites for hydroxylation is 2. The molecule has 1 rings (SSSR count). The standard InChI is InChI=1S/C13H24N2O/c1-5-7-13(16,8-6-2)10-12-9-11(3)14-15(12)4/h9,16H,5-8,10H2,1-4H3. The van der Waals surface area contributed by atoms with Crippen LogP contribution in [0, 0.1) is 6.92 Å². The fraction of sp³-hybridized carbons (Fsp3) is 0.769. The summed E-state index contributed by atoms with van der Waals surface area (Å²) in [5, 5.41) is 14.9. The number of nitrogens with zero attached hydrogens (tertiary/aromatic N) is 2. The molecule has 16 heavy (non-hydrogen) atoms. The highest BCUT2D eigenvalue weighted by atomic mass is 16.3.